The SMILES string of the molecule is CC(C)(C)C(C)(C)CNC(=O)c1cccc(O)c1O. The van der Waals surface area contributed by atoms with Crippen LogP contribution < -0.4 is 5.32 Å². The van der Waals surface area contributed by atoms with E-state index in [2.05, 4.69) is 39.9 Å². The van der Waals surface area contributed by atoms with Gasteiger partial charge in [0.15, 0.2) is 11.5 Å². The van der Waals surface area contributed by atoms with E-state index >= 15 is 0 Å². The summed E-state index contributed by atoms with van der Waals surface area (Å²) in [4.78, 5) is 12.0. The van der Waals surface area contributed by atoms with Gasteiger partial charge in [-0.2, -0.15) is 0 Å². The summed E-state index contributed by atoms with van der Waals surface area (Å²) in [5, 5.41) is 21.8. The molecule has 1 rings (SSSR count). The molecule has 0 aromatic heterocycles. The Bertz CT molecular complexity index is 473. The van der Waals surface area contributed by atoms with Crippen LogP contribution in [0.25, 0.3) is 0 Å². The van der Waals surface area contributed by atoms with Gasteiger partial charge in [0, 0.05) is 6.54 Å². The number of carbonyl (C=O) groups is 1. The fourth-order valence-electron chi connectivity index (χ4n) is 1.38. The third-order valence-corrected chi connectivity index (χ3v) is 3.98. The minimum atomic E-state index is -0.384. The topological polar surface area (TPSA) is 69.6 Å². The Morgan fingerprint density at radius 1 is 1.16 bits per heavy atom. The summed E-state index contributed by atoms with van der Waals surface area (Å²) in [6, 6.07) is 4.35. The fourth-order valence-corrected chi connectivity index (χ4v) is 1.38. The fraction of sp³-hybridized carbons (Fsp3) is 0.533. The van der Waals surface area contributed by atoms with Gasteiger partial charge in [0.1, 0.15) is 0 Å². The van der Waals surface area contributed by atoms with Crippen molar-refractivity contribution in [2.24, 2.45) is 10.8 Å². The Balaban J connectivity index is 2.80. The molecule has 4 heteroatoms. The highest BCUT2D eigenvalue weighted by Gasteiger charge is 2.33. The molecule has 0 unspecified atom stereocenters. The predicted molar refractivity (Wildman–Crippen MR) is 75.3 cm³/mol. The summed E-state index contributed by atoms with van der Waals surface area (Å²) in [6.07, 6.45) is 0. The van der Waals surface area contributed by atoms with Crippen LogP contribution in [0, 0.1) is 10.8 Å². The molecular weight excluding hydrogens is 242 g/mol. The van der Waals surface area contributed by atoms with Crippen molar-refractivity contribution in [2.75, 3.05) is 6.54 Å². The average Bonchev–Trinajstić information content (AvgIpc) is 2.28. The summed E-state index contributed by atoms with van der Waals surface area (Å²) in [5.41, 5.74) is 0.0423. The van der Waals surface area contributed by atoms with Gasteiger partial charge in [0.2, 0.25) is 0 Å². The zero-order valence-electron chi connectivity index (χ0n) is 12.2. The lowest BCUT2D eigenvalue weighted by molar-refractivity contribution is 0.0864. The molecule has 4 nitrogen and oxygen atoms in total. The highest BCUT2D eigenvalue weighted by molar-refractivity contribution is 5.97. The highest BCUT2D eigenvalue weighted by atomic mass is 16.3. The van der Waals surface area contributed by atoms with E-state index in [9.17, 15) is 15.0 Å². The molecule has 3 N–H and O–H groups in total. The number of hydrogen-bond donors (Lipinski definition) is 3. The number of hydrogen-bond acceptors (Lipinski definition) is 3. The average molecular weight is 265 g/mol. The van der Waals surface area contributed by atoms with E-state index in [1.807, 2.05) is 0 Å². The molecule has 0 saturated heterocycles. The van der Waals surface area contributed by atoms with E-state index in [1.165, 1.54) is 18.2 Å². The quantitative estimate of drug-likeness (QED) is 0.736. The van der Waals surface area contributed by atoms with Crippen LogP contribution in [-0.4, -0.2) is 22.7 Å². The second-order valence-corrected chi connectivity index (χ2v) is 6.49. The van der Waals surface area contributed by atoms with E-state index < -0.39 is 0 Å². The van der Waals surface area contributed by atoms with Gasteiger partial charge < -0.3 is 15.5 Å². The number of para-hydroxylation sites is 1. The first-order chi connectivity index (χ1) is 8.56. The van der Waals surface area contributed by atoms with Crippen LogP contribution in [0.5, 0.6) is 11.5 Å². The molecule has 19 heavy (non-hydrogen) atoms. The van der Waals surface area contributed by atoms with Gasteiger partial charge in [-0.05, 0) is 23.0 Å². The van der Waals surface area contributed by atoms with E-state index in [0.717, 1.165) is 0 Å². The second kappa shape index (κ2) is 5.11. The highest BCUT2D eigenvalue weighted by Crippen LogP contribution is 2.37. The van der Waals surface area contributed by atoms with Crippen molar-refractivity contribution in [3.05, 3.63) is 23.8 Å². The van der Waals surface area contributed by atoms with E-state index in [0.29, 0.717) is 6.54 Å². The van der Waals surface area contributed by atoms with Gasteiger partial charge in [-0.15, -0.1) is 0 Å². The van der Waals surface area contributed by atoms with Crippen LogP contribution >= 0.6 is 0 Å². The maximum absolute atomic E-state index is 12.0. The molecule has 0 aliphatic heterocycles. The molecule has 0 heterocycles. The van der Waals surface area contributed by atoms with Crippen molar-refractivity contribution in [3.8, 4) is 11.5 Å². The molecule has 0 aliphatic carbocycles. The largest absolute Gasteiger partial charge is 0.504 e. The lowest BCUT2D eigenvalue weighted by Gasteiger charge is -2.38. The molecule has 0 radical (unpaired) electrons. The third-order valence-electron chi connectivity index (χ3n) is 3.98. The Kier molecular flexibility index (Phi) is 4.13. The van der Waals surface area contributed by atoms with Gasteiger partial charge in [-0.3, -0.25) is 4.79 Å². The van der Waals surface area contributed by atoms with Crippen LogP contribution in [0.2, 0.25) is 0 Å². The summed E-state index contributed by atoms with van der Waals surface area (Å²) >= 11 is 0. The molecular formula is C15H23NO3. The number of phenolic OH excluding ortho intramolecular Hbond substituents is 2. The summed E-state index contributed by atoms with van der Waals surface area (Å²) < 4.78 is 0. The Hall–Kier alpha value is -1.71. The molecule has 0 spiro atoms. The van der Waals surface area contributed by atoms with Gasteiger partial charge in [-0.1, -0.05) is 40.7 Å². The summed E-state index contributed by atoms with van der Waals surface area (Å²) in [6.45, 7) is 11.0. The van der Waals surface area contributed by atoms with Crippen molar-refractivity contribution in [1.29, 1.82) is 0 Å². The maximum Gasteiger partial charge on any atom is 0.255 e. The van der Waals surface area contributed by atoms with Crippen molar-refractivity contribution in [2.45, 2.75) is 34.6 Å². The van der Waals surface area contributed by atoms with Crippen LogP contribution in [0.4, 0.5) is 0 Å². The van der Waals surface area contributed by atoms with Crippen molar-refractivity contribution in [1.82, 2.24) is 5.32 Å². The molecule has 1 aromatic carbocycles. The van der Waals surface area contributed by atoms with Gasteiger partial charge in [0.05, 0.1) is 5.56 Å². The number of aromatic hydroxyl groups is 2. The van der Waals surface area contributed by atoms with Gasteiger partial charge in [0.25, 0.3) is 5.91 Å². The molecule has 1 amide bonds. The van der Waals surface area contributed by atoms with Crippen LogP contribution in [0.3, 0.4) is 0 Å². The van der Waals surface area contributed by atoms with Crippen LogP contribution in [-0.2, 0) is 0 Å². The van der Waals surface area contributed by atoms with Crippen molar-refractivity contribution < 1.29 is 15.0 Å². The van der Waals surface area contributed by atoms with E-state index in [4.69, 9.17) is 0 Å². The predicted octanol–water partition coefficient (Wildman–Crippen LogP) is 2.90. The summed E-state index contributed by atoms with van der Waals surface area (Å²) in [7, 11) is 0. The molecule has 0 bridgehead atoms. The van der Waals surface area contributed by atoms with Crippen molar-refractivity contribution >= 4 is 5.91 Å². The molecule has 0 fully saturated rings. The van der Waals surface area contributed by atoms with Gasteiger partial charge >= 0.3 is 0 Å². The van der Waals surface area contributed by atoms with Gasteiger partial charge in [-0.25, -0.2) is 0 Å². The van der Waals surface area contributed by atoms with Crippen LogP contribution in [0.1, 0.15) is 45.0 Å². The lowest BCUT2D eigenvalue weighted by Crippen LogP contribution is -2.41. The van der Waals surface area contributed by atoms with Crippen LogP contribution in [0.15, 0.2) is 18.2 Å². The number of nitrogens with one attached hydrogen (secondary N) is 1. The number of phenols is 2. The minimum absolute atomic E-state index is 0.0428. The standard InChI is InChI=1S/C15H23NO3/c1-14(2,3)15(4,5)9-16-13(19)10-7-6-8-11(17)12(10)18/h6-8,17-18H,9H2,1-5H3,(H,16,19). The number of carbonyl (C=O) groups excluding carboxylic acids is 1. The first kappa shape index (κ1) is 15.3. The monoisotopic (exact) mass is 265 g/mol. The smallest absolute Gasteiger partial charge is 0.255 e. The van der Waals surface area contributed by atoms with E-state index in [-0.39, 0.29) is 33.8 Å². The summed E-state index contributed by atoms with van der Waals surface area (Å²) in [5.74, 6) is -1.05. The molecule has 0 saturated carbocycles. The zero-order chi connectivity index (χ0) is 14.8. The molecule has 0 atom stereocenters. The molecule has 0 aliphatic rings. The minimum Gasteiger partial charge on any atom is -0.504 e. The zero-order valence-corrected chi connectivity index (χ0v) is 12.2. The maximum atomic E-state index is 12.0. The first-order valence-electron chi connectivity index (χ1n) is 6.35. The third kappa shape index (κ3) is 3.40. The normalized spacial score (nSPS) is 12.3. The van der Waals surface area contributed by atoms with Crippen molar-refractivity contribution in [3.63, 3.8) is 0 Å². The number of amides is 1. The first-order valence-corrected chi connectivity index (χ1v) is 6.35. The number of rotatable bonds is 3. The Morgan fingerprint density at radius 2 is 1.74 bits per heavy atom. The Labute approximate surface area is 114 Å². The number of benzene rings is 1. The second-order valence-electron chi connectivity index (χ2n) is 6.49. The molecule has 106 valence electrons. The lowest BCUT2D eigenvalue weighted by atomic mass is 9.69. The van der Waals surface area contributed by atoms with E-state index in [1.54, 1.807) is 0 Å². The Morgan fingerprint density at radius 3 is 2.26 bits per heavy atom. The molecule has 1 aromatic rings.